The molecule has 0 atom stereocenters. The van der Waals surface area contributed by atoms with Crippen molar-refractivity contribution in [2.75, 3.05) is 4.90 Å². The van der Waals surface area contributed by atoms with E-state index in [-0.39, 0.29) is 18.2 Å². The Morgan fingerprint density at radius 1 is 0.939 bits per heavy atom. The average molecular weight is 478 g/mol. The lowest BCUT2D eigenvalue weighted by atomic mass is 10.1. The second-order valence-corrected chi connectivity index (χ2v) is 9.42. The van der Waals surface area contributed by atoms with E-state index in [2.05, 4.69) is 9.97 Å². The van der Waals surface area contributed by atoms with Gasteiger partial charge in [-0.15, -0.1) is 22.7 Å². The number of hydrogen-bond acceptors (Lipinski definition) is 7. The molecule has 0 bridgehead atoms. The Morgan fingerprint density at radius 3 is 2.39 bits per heavy atom. The summed E-state index contributed by atoms with van der Waals surface area (Å²) in [6.45, 7) is 7.57. The normalized spacial score (nSPS) is 10.8. The van der Waals surface area contributed by atoms with Gasteiger partial charge in [0.1, 0.15) is 11.6 Å². The van der Waals surface area contributed by atoms with E-state index in [1.807, 2.05) is 63.2 Å². The fraction of sp³-hybridized carbons (Fsp3) is 0.200. The van der Waals surface area contributed by atoms with Gasteiger partial charge in [-0.3, -0.25) is 9.69 Å². The number of rotatable bonds is 6. The standard InChI is InChI=1S/C25H23N3O3S2/c1-15-5-8-19(9-6-15)23-27-22(14-32-23)24(30)31-12-20-13-33-25(26-20)28(18(4)29)21-10-7-16(2)17(3)11-21/h5-11,13-14H,12H2,1-4H3. The minimum absolute atomic E-state index is 0.00535. The van der Waals surface area contributed by atoms with Gasteiger partial charge < -0.3 is 4.74 Å². The molecule has 2 aromatic heterocycles. The van der Waals surface area contributed by atoms with Crippen molar-refractivity contribution in [1.29, 1.82) is 0 Å². The molecule has 168 valence electrons. The van der Waals surface area contributed by atoms with Crippen LogP contribution in [0.1, 0.15) is 39.8 Å². The third-order valence-electron chi connectivity index (χ3n) is 5.16. The molecule has 0 unspecified atom stereocenters. The molecule has 0 saturated carbocycles. The molecule has 6 nitrogen and oxygen atoms in total. The van der Waals surface area contributed by atoms with Gasteiger partial charge in [-0.25, -0.2) is 14.8 Å². The van der Waals surface area contributed by atoms with E-state index in [1.54, 1.807) is 15.7 Å². The third-order valence-corrected chi connectivity index (χ3v) is 6.92. The van der Waals surface area contributed by atoms with Crippen molar-refractivity contribution in [2.45, 2.75) is 34.3 Å². The van der Waals surface area contributed by atoms with Crippen molar-refractivity contribution in [3.05, 3.63) is 81.3 Å². The van der Waals surface area contributed by atoms with Gasteiger partial charge in [0.2, 0.25) is 5.91 Å². The molecule has 0 fully saturated rings. The lowest BCUT2D eigenvalue weighted by Crippen LogP contribution is -2.22. The molecule has 8 heteroatoms. The van der Waals surface area contributed by atoms with Gasteiger partial charge in [-0.05, 0) is 44.0 Å². The first-order valence-electron chi connectivity index (χ1n) is 10.3. The Bertz CT molecular complexity index is 1310. The number of ether oxygens (including phenoxy) is 1. The second-order valence-electron chi connectivity index (χ2n) is 7.72. The van der Waals surface area contributed by atoms with Crippen LogP contribution in [0.5, 0.6) is 0 Å². The molecule has 0 N–H and O–H groups in total. The number of benzene rings is 2. The smallest absolute Gasteiger partial charge is 0.358 e. The quantitative estimate of drug-likeness (QED) is 0.308. The van der Waals surface area contributed by atoms with Crippen molar-refractivity contribution in [3.63, 3.8) is 0 Å². The molecule has 33 heavy (non-hydrogen) atoms. The fourth-order valence-corrected chi connectivity index (χ4v) is 4.83. The van der Waals surface area contributed by atoms with Crippen LogP contribution in [0.4, 0.5) is 10.8 Å². The van der Waals surface area contributed by atoms with E-state index < -0.39 is 5.97 Å². The highest BCUT2D eigenvalue weighted by atomic mass is 32.1. The Morgan fingerprint density at radius 2 is 1.70 bits per heavy atom. The first kappa shape index (κ1) is 22.8. The molecular formula is C25H23N3O3S2. The zero-order chi connectivity index (χ0) is 23.5. The predicted molar refractivity (Wildman–Crippen MR) is 132 cm³/mol. The topological polar surface area (TPSA) is 72.4 Å². The van der Waals surface area contributed by atoms with Crippen LogP contribution in [0, 0.1) is 20.8 Å². The maximum Gasteiger partial charge on any atom is 0.358 e. The summed E-state index contributed by atoms with van der Waals surface area (Å²) in [5.74, 6) is -0.640. The minimum atomic E-state index is -0.503. The molecule has 0 aliphatic heterocycles. The van der Waals surface area contributed by atoms with Gasteiger partial charge in [0.05, 0.1) is 11.4 Å². The number of thiazole rings is 2. The fourth-order valence-electron chi connectivity index (χ4n) is 3.17. The molecule has 2 heterocycles. The van der Waals surface area contributed by atoms with Crippen molar-refractivity contribution in [1.82, 2.24) is 9.97 Å². The maximum absolute atomic E-state index is 12.5. The zero-order valence-electron chi connectivity index (χ0n) is 18.8. The van der Waals surface area contributed by atoms with E-state index in [0.717, 1.165) is 27.4 Å². The lowest BCUT2D eigenvalue weighted by Gasteiger charge is -2.19. The van der Waals surface area contributed by atoms with Crippen LogP contribution in [0.3, 0.4) is 0 Å². The van der Waals surface area contributed by atoms with E-state index in [9.17, 15) is 9.59 Å². The third kappa shape index (κ3) is 5.18. The summed E-state index contributed by atoms with van der Waals surface area (Å²) in [6.07, 6.45) is 0. The van der Waals surface area contributed by atoms with Crippen LogP contribution in [-0.4, -0.2) is 21.8 Å². The Balaban J connectivity index is 1.44. The van der Waals surface area contributed by atoms with Crippen LogP contribution in [0.25, 0.3) is 10.6 Å². The summed E-state index contributed by atoms with van der Waals surface area (Å²) in [6, 6.07) is 13.8. The number of esters is 1. The van der Waals surface area contributed by atoms with Gasteiger partial charge in [-0.1, -0.05) is 35.9 Å². The average Bonchev–Trinajstić information content (AvgIpc) is 3.45. The van der Waals surface area contributed by atoms with E-state index in [1.165, 1.54) is 35.2 Å². The van der Waals surface area contributed by atoms with Crippen LogP contribution in [-0.2, 0) is 16.1 Å². The number of carbonyl (C=O) groups is 2. The molecule has 0 radical (unpaired) electrons. The summed E-state index contributed by atoms with van der Waals surface area (Å²) in [7, 11) is 0. The van der Waals surface area contributed by atoms with Crippen molar-refractivity contribution < 1.29 is 14.3 Å². The highest BCUT2D eigenvalue weighted by Gasteiger charge is 2.19. The van der Waals surface area contributed by atoms with Crippen molar-refractivity contribution >= 4 is 45.4 Å². The maximum atomic E-state index is 12.5. The number of anilines is 2. The van der Waals surface area contributed by atoms with E-state index in [0.29, 0.717) is 10.8 Å². The van der Waals surface area contributed by atoms with Crippen LogP contribution in [0.2, 0.25) is 0 Å². The molecule has 0 aliphatic carbocycles. The molecule has 0 aliphatic rings. The number of aryl methyl sites for hydroxylation is 3. The first-order valence-corrected chi connectivity index (χ1v) is 12.1. The highest BCUT2D eigenvalue weighted by Crippen LogP contribution is 2.30. The zero-order valence-corrected chi connectivity index (χ0v) is 20.4. The van der Waals surface area contributed by atoms with Crippen LogP contribution < -0.4 is 4.90 Å². The van der Waals surface area contributed by atoms with Gasteiger partial charge in [0, 0.05) is 23.2 Å². The number of amides is 1. The molecular weight excluding hydrogens is 454 g/mol. The molecule has 4 rings (SSSR count). The summed E-state index contributed by atoms with van der Waals surface area (Å²) >= 11 is 2.73. The second kappa shape index (κ2) is 9.64. The van der Waals surface area contributed by atoms with Crippen LogP contribution >= 0.6 is 22.7 Å². The van der Waals surface area contributed by atoms with Crippen molar-refractivity contribution in [2.24, 2.45) is 0 Å². The first-order chi connectivity index (χ1) is 15.8. The van der Waals surface area contributed by atoms with Gasteiger partial charge >= 0.3 is 5.97 Å². The SMILES string of the molecule is CC(=O)N(c1ccc(C)c(C)c1)c1nc(COC(=O)c2csc(-c3ccc(C)cc3)n2)cs1. The molecule has 4 aromatic rings. The summed E-state index contributed by atoms with van der Waals surface area (Å²) < 4.78 is 5.42. The molecule has 0 spiro atoms. The highest BCUT2D eigenvalue weighted by molar-refractivity contribution is 7.14. The van der Waals surface area contributed by atoms with Crippen molar-refractivity contribution in [3.8, 4) is 10.6 Å². The Hall–Kier alpha value is -3.36. The van der Waals surface area contributed by atoms with E-state index in [4.69, 9.17) is 4.74 Å². The molecule has 1 amide bonds. The van der Waals surface area contributed by atoms with Crippen LogP contribution in [0.15, 0.2) is 53.2 Å². The van der Waals surface area contributed by atoms with Gasteiger partial charge in [0.15, 0.2) is 10.8 Å². The summed E-state index contributed by atoms with van der Waals surface area (Å²) in [5, 5.41) is 4.79. The largest absolute Gasteiger partial charge is 0.454 e. The number of aromatic nitrogens is 2. The van der Waals surface area contributed by atoms with E-state index >= 15 is 0 Å². The molecule has 2 aromatic carbocycles. The minimum Gasteiger partial charge on any atom is -0.454 e. The Labute approximate surface area is 200 Å². The Kier molecular flexibility index (Phi) is 6.67. The summed E-state index contributed by atoms with van der Waals surface area (Å²) in [4.78, 5) is 35.3. The summed E-state index contributed by atoms with van der Waals surface area (Å²) in [5.41, 5.74) is 5.98. The number of nitrogens with zero attached hydrogens (tertiary/aromatic N) is 3. The van der Waals surface area contributed by atoms with Gasteiger partial charge in [0.25, 0.3) is 0 Å². The monoisotopic (exact) mass is 477 g/mol. The number of carbonyl (C=O) groups excluding carboxylic acids is 2. The van der Waals surface area contributed by atoms with Gasteiger partial charge in [-0.2, -0.15) is 0 Å². The number of hydrogen-bond donors (Lipinski definition) is 0. The lowest BCUT2D eigenvalue weighted by molar-refractivity contribution is -0.115. The predicted octanol–water partition coefficient (Wildman–Crippen LogP) is 6.23. The molecule has 0 saturated heterocycles.